The molecular formula is C18H22N2O4S. The van der Waals surface area contributed by atoms with Crippen LogP contribution < -0.4 is 10.0 Å². The van der Waals surface area contributed by atoms with E-state index in [1.54, 1.807) is 36.4 Å². The van der Waals surface area contributed by atoms with Gasteiger partial charge in [-0.2, -0.15) is 0 Å². The molecule has 2 aromatic carbocycles. The number of sulfonamides is 1. The monoisotopic (exact) mass is 362 g/mol. The quantitative estimate of drug-likeness (QED) is 0.696. The molecule has 0 aliphatic carbocycles. The van der Waals surface area contributed by atoms with Gasteiger partial charge in [0, 0.05) is 19.2 Å². The number of aliphatic hydroxyl groups is 1. The second-order valence-electron chi connectivity index (χ2n) is 5.76. The summed E-state index contributed by atoms with van der Waals surface area (Å²) in [5.41, 5.74) is 2.62. The first kappa shape index (κ1) is 19.1. The molecule has 6 nitrogen and oxygen atoms in total. The van der Waals surface area contributed by atoms with E-state index in [-0.39, 0.29) is 18.2 Å². The molecule has 0 heterocycles. The molecule has 0 aliphatic heterocycles. The first-order chi connectivity index (χ1) is 11.8. The van der Waals surface area contributed by atoms with E-state index in [1.807, 2.05) is 19.1 Å². The van der Waals surface area contributed by atoms with E-state index in [0.29, 0.717) is 16.7 Å². The normalized spacial score (nSPS) is 12.6. The zero-order chi connectivity index (χ0) is 18.4. The van der Waals surface area contributed by atoms with Crippen LogP contribution in [0.4, 0.5) is 0 Å². The molecule has 3 N–H and O–H groups in total. The number of carbonyl (C=O) groups excluding carboxylic acids is 1. The summed E-state index contributed by atoms with van der Waals surface area (Å²) in [4.78, 5) is 11.5. The lowest BCUT2D eigenvalue weighted by molar-refractivity contribution is 0.0963. The second kappa shape index (κ2) is 8.24. The molecule has 2 aromatic rings. The molecule has 0 aliphatic rings. The summed E-state index contributed by atoms with van der Waals surface area (Å²) in [7, 11) is -2.07. The highest BCUT2D eigenvalue weighted by Crippen LogP contribution is 2.17. The molecule has 7 heteroatoms. The van der Waals surface area contributed by atoms with Crippen LogP contribution in [0.1, 0.15) is 33.2 Å². The lowest BCUT2D eigenvalue weighted by Crippen LogP contribution is -2.29. The van der Waals surface area contributed by atoms with Gasteiger partial charge >= 0.3 is 0 Å². The highest BCUT2D eigenvalue weighted by molar-refractivity contribution is 7.88. The molecule has 0 saturated heterocycles. The van der Waals surface area contributed by atoms with E-state index in [4.69, 9.17) is 0 Å². The van der Waals surface area contributed by atoms with Gasteiger partial charge in [-0.1, -0.05) is 36.4 Å². The Morgan fingerprint density at radius 3 is 2.36 bits per heavy atom. The van der Waals surface area contributed by atoms with Crippen LogP contribution in [0.15, 0.2) is 48.5 Å². The summed E-state index contributed by atoms with van der Waals surface area (Å²) in [5, 5.41) is 12.7. The van der Waals surface area contributed by atoms with Gasteiger partial charge < -0.3 is 10.4 Å². The average molecular weight is 362 g/mol. The maximum absolute atomic E-state index is 12.2. The number of amides is 1. The van der Waals surface area contributed by atoms with E-state index in [1.165, 1.54) is 7.05 Å². The van der Waals surface area contributed by atoms with E-state index in [9.17, 15) is 18.3 Å². The Kier molecular flexibility index (Phi) is 6.30. The molecular weight excluding hydrogens is 340 g/mol. The molecule has 0 spiro atoms. The second-order valence-corrected chi connectivity index (χ2v) is 7.56. The van der Waals surface area contributed by atoms with E-state index >= 15 is 0 Å². The van der Waals surface area contributed by atoms with Gasteiger partial charge in [-0.05, 0) is 35.7 Å². The Hall–Kier alpha value is -2.22. The van der Waals surface area contributed by atoms with Crippen molar-refractivity contribution >= 4 is 15.9 Å². The highest BCUT2D eigenvalue weighted by atomic mass is 32.2. The van der Waals surface area contributed by atoms with Crippen LogP contribution in [0.2, 0.25) is 0 Å². The number of carbonyl (C=O) groups is 1. The van der Waals surface area contributed by atoms with Crippen molar-refractivity contribution in [2.24, 2.45) is 0 Å². The van der Waals surface area contributed by atoms with Crippen LogP contribution in [0, 0.1) is 6.92 Å². The Bertz CT molecular complexity index is 832. The fourth-order valence-corrected chi connectivity index (χ4v) is 3.59. The molecule has 0 aromatic heterocycles. The van der Waals surface area contributed by atoms with Crippen LogP contribution in [-0.2, 0) is 15.8 Å². The minimum Gasteiger partial charge on any atom is -0.387 e. The highest BCUT2D eigenvalue weighted by Gasteiger charge is 2.16. The number of aliphatic hydroxyl groups excluding tert-OH is 1. The van der Waals surface area contributed by atoms with Gasteiger partial charge in [0.1, 0.15) is 0 Å². The van der Waals surface area contributed by atoms with Gasteiger partial charge in [-0.3, -0.25) is 4.79 Å². The van der Waals surface area contributed by atoms with Crippen molar-refractivity contribution in [1.29, 1.82) is 0 Å². The van der Waals surface area contributed by atoms with Crippen molar-refractivity contribution in [3.63, 3.8) is 0 Å². The Labute approximate surface area is 147 Å². The van der Waals surface area contributed by atoms with E-state index in [2.05, 4.69) is 10.0 Å². The largest absolute Gasteiger partial charge is 0.387 e. The van der Waals surface area contributed by atoms with Crippen molar-refractivity contribution in [3.8, 4) is 0 Å². The fourth-order valence-electron chi connectivity index (χ4n) is 2.44. The minimum atomic E-state index is -3.60. The molecule has 25 heavy (non-hydrogen) atoms. The third kappa shape index (κ3) is 5.38. The maximum Gasteiger partial charge on any atom is 0.251 e. The predicted octanol–water partition coefficient (Wildman–Crippen LogP) is 1.51. The standard InChI is InChI=1S/C18H22N2O4S/c1-13-5-3-4-6-16(13)17(21)11-20-25(23,24)12-14-7-9-15(10-8-14)18(22)19-2/h3-10,17,20-21H,11-12H2,1-2H3,(H,19,22)/t17-/m1/s1. The van der Waals surface area contributed by atoms with Gasteiger partial charge in [-0.25, -0.2) is 13.1 Å². The topological polar surface area (TPSA) is 95.5 Å². The van der Waals surface area contributed by atoms with Crippen LogP contribution in [0.25, 0.3) is 0 Å². The number of hydrogen-bond donors (Lipinski definition) is 3. The summed E-state index contributed by atoms with van der Waals surface area (Å²) in [6, 6.07) is 13.6. The summed E-state index contributed by atoms with van der Waals surface area (Å²) in [5.74, 6) is -0.449. The van der Waals surface area contributed by atoms with Crippen molar-refractivity contribution in [2.45, 2.75) is 18.8 Å². The van der Waals surface area contributed by atoms with Crippen molar-refractivity contribution in [2.75, 3.05) is 13.6 Å². The molecule has 1 atom stereocenters. The Balaban J connectivity index is 1.98. The maximum atomic E-state index is 12.2. The fraction of sp³-hybridized carbons (Fsp3) is 0.278. The molecule has 2 rings (SSSR count). The number of aryl methyl sites for hydroxylation is 1. The number of benzene rings is 2. The third-order valence-electron chi connectivity index (χ3n) is 3.84. The van der Waals surface area contributed by atoms with Gasteiger partial charge in [0.25, 0.3) is 5.91 Å². The zero-order valence-electron chi connectivity index (χ0n) is 14.2. The smallest absolute Gasteiger partial charge is 0.251 e. The van der Waals surface area contributed by atoms with Gasteiger partial charge in [0.15, 0.2) is 0 Å². The summed E-state index contributed by atoms with van der Waals surface area (Å²) in [6.07, 6.45) is -0.911. The predicted molar refractivity (Wildman–Crippen MR) is 96.6 cm³/mol. The van der Waals surface area contributed by atoms with E-state index < -0.39 is 16.1 Å². The van der Waals surface area contributed by atoms with Crippen LogP contribution in [0.3, 0.4) is 0 Å². The SMILES string of the molecule is CNC(=O)c1ccc(CS(=O)(=O)NC[C@@H](O)c2ccccc2C)cc1. The Morgan fingerprint density at radius 2 is 1.76 bits per heavy atom. The lowest BCUT2D eigenvalue weighted by Gasteiger charge is -2.15. The minimum absolute atomic E-state index is 0.0937. The number of hydrogen-bond acceptors (Lipinski definition) is 4. The van der Waals surface area contributed by atoms with E-state index in [0.717, 1.165) is 5.56 Å². The van der Waals surface area contributed by atoms with Crippen LogP contribution >= 0.6 is 0 Å². The zero-order valence-corrected chi connectivity index (χ0v) is 15.0. The summed E-state index contributed by atoms with van der Waals surface area (Å²) in [6.45, 7) is 1.77. The van der Waals surface area contributed by atoms with Gasteiger partial charge in [0.2, 0.25) is 10.0 Å². The van der Waals surface area contributed by atoms with Gasteiger partial charge in [-0.15, -0.1) is 0 Å². The average Bonchev–Trinajstić information content (AvgIpc) is 2.60. The molecule has 0 fully saturated rings. The van der Waals surface area contributed by atoms with Crippen molar-refractivity contribution < 1.29 is 18.3 Å². The Morgan fingerprint density at radius 1 is 1.12 bits per heavy atom. The van der Waals surface area contributed by atoms with Crippen LogP contribution in [-0.4, -0.2) is 33.0 Å². The lowest BCUT2D eigenvalue weighted by atomic mass is 10.0. The first-order valence-electron chi connectivity index (χ1n) is 7.84. The third-order valence-corrected chi connectivity index (χ3v) is 5.16. The van der Waals surface area contributed by atoms with Crippen LogP contribution in [0.5, 0.6) is 0 Å². The molecule has 134 valence electrons. The first-order valence-corrected chi connectivity index (χ1v) is 9.49. The summed E-state index contributed by atoms with van der Waals surface area (Å²) >= 11 is 0. The van der Waals surface area contributed by atoms with Crippen molar-refractivity contribution in [3.05, 3.63) is 70.8 Å². The van der Waals surface area contributed by atoms with Gasteiger partial charge in [0.05, 0.1) is 11.9 Å². The van der Waals surface area contributed by atoms with Crippen molar-refractivity contribution in [1.82, 2.24) is 10.0 Å². The molecule has 0 saturated carbocycles. The number of rotatable bonds is 7. The molecule has 0 radical (unpaired) electrons. The molecule has 0 unspecified atom stereocenters. The number of nitrogens with one attached hydrogen (secondary N) is 2. The molecule has 1 amide bonds. The molecule has 0 bridgehead atoms. The summed E-state index contributed by atoms with van der Waals surface area (Å²) < 4.78 is 26.8.